The molecule has 0 amide bonds. The van der Waals surface area contributed by atoms with Gasteiger partial charge in [-0.15, -0.1) is 0 Å². The molecule has 0 aliphatic rings. The maximum atomic E-state index is 12.2. The number of allylic oxidation sites excluding steroid dienone is 2. The molecule has 118 valence electrons. The maximum Gasteiger partial charge on any atom is 0.186 e. The molecule has 22 heavy (non-hydrogen) atoms. The first-order valence-electron chi connectivity index (χ1n) is 6.37. The van der Waals surface area contributed by atoms with Crippen LogP contribution in [0.4, 0.5) is 5.69 Å². The summed E-state index contributed by atoms with van der Waals surface area (Å²) >= 11 is 0. The molecule has 0 radical (unpaired) electrons. The molecule has 4 N–H and O–H groups in total. The lowest BCUT2D eigenvalue weighted by molar-refractivity contribution is -0.109. The van der Waals surface area contributed by atoms with Crippen molar-refractivity contribution in [1.82, 2.24) is 0 Å². The number of aldehydes is 2. The fourth-order valence-corrected chi connectivity index (χ4v) is 1.69. The molecule has 0 saturated carbocycles. The molecule has 1 aromatic carbocycles. The number of carbonyl (C=O) groups is 3. The fraction of sp³-hybridized carbons (Fsp3) is 0.267. The average Bonchev–Trinajstić information content (AvgIpc) is 2.47. The lowest BCUT2D eigenvalue weighted by atomic mass is 9.93. The number of Topliss-reactive ketones (excluding diaryl/α,β-unsaturated/α-hetero) is 1. The molecule has 1 aromatic rings. The van der Waals surface area contributed by atoms with Gasteiger partial charge >= 0.3 is 0 Å². The summed E-state index contributed by atoms with van der Waals surface area (Å²) in [6, 6.07) is 4.37. The van der Waals surface area contributed by atoms with E-state index in [0.29, 0.717) is 12.6 Å². The van der Waals surface area contributed by atoms with Gasteiger partial charge in [0.2, 0.25) is 0 Å². The molecule has 7 nitrogen and oxygen atoms in total. The number of rotatable bonds is 7. The second-order valence-corrected chi connectivity index (χ2v) is 5.10. The number of phenolic OH excluding ortho intramolecular Hbond substituents is 1. The van der Waals surface area contributed by atoms with Gasteiger partial charge in [-0.05, 0) is 26.0 Å². The number of methoxy groups -OCH3 is 1. The minimum Gasteiger partial charge on any atom is -0.505 e. The second-order valence-electron chi connectivity index (χ2n) is 5.10. The lowest BCUT2D eigenvalue weighted by Gasteiger charge is -2.19. The summed E-state index contributed by atoms with van der Waals surface area (Å²) in [6.45, 7) is 3.03. The highest BCUT2D eigenvalue weighted by Gasteiger charge is 2.27. The van der Waals surface area contributed by atoms with Crippen LogP contribution in [0.25, 0.3) is 0 Å². The summed E-state index contributed by atoms with van der Waals surface area (Å²) in [5.41, 5.74) is 4.48. The maximum absolute atomic E-state index is 12.2. The lowest BCUT2D eigenvalue weighted by Crippen LogP contribution is -2.41. The minimum absolute atomic E-state index is 0.00724. The number of para-hydroxylation sites is 1. The van der Waals surface area contributed by atoms with Crippen LogP contribution in [0.1, 0.15) is 24.2 Å². The molecule has 0 spiro atoms. The Morgan fingerprint density at radius 3 is 2.41 bits per heavy atom. The number of hydrogen-bond donors (Lipinski definition) is 3. The van der Waals surface area contributed by atoms with Gasteiger partial charge in [-0.2, -0.15) is 0 Å². The van der Waals surface area contributed by atoms with Crippen LogP contribution in [0.3, 0.4) is 0 Å². The van der Waals surface area contributed by atoms with Crippen molar-refractivity contribution in [2.45, 2.75) is 19.4 Å². The number of benzene rings is 1. The molecule has 0 heterocycles. The quantitative estimate of drug-likeness (QED) is 0.226. The number of anilines is 1. The van der Waals surface area contributed by atoms with Gasteiger partial charge in [0.15, 0.2) is 24.1 Å². The number of nitrogens with one attached hydrogen (secondary N) is 1. The van der Waals surface area contributed by atoms with Gasteiger partial charge in [0.25, 0.3) is 0 Å². The van der Waals surface area contributed by atoms with Crippen molar-refractivity contribution in [3.05, 3.63) is 35.2 Å². The Labute approximate surface area is 127 Å². The average molecular weight is 306 g/mol. The summed E-state index contributed by atoms with van der Waals surface area (Å²) < 4.78 is 4.75. The largest absolute Gasteiger partial charge is 0.505 e. The second kappa shape index (κ2) is 6.86. The summed E-state index contributed by atoms with van der Waals surface area (Å²) in [6.07, 6.45) is 0.722. The number of hydrogen-bond acceptors (Lipinski definition) is 7. The summed E-state index contributed by atoms with van der Waals surface area (Å²) in [5, 5.41) is 12.7. The molecule has 0 bridgehead atoms. The Balaban J connectivity index is 3.29. The number of ether oxygens (including phenoxy) is 1. The van der Waals surface area contributed by atoms with Crippen molar-refractivity contribution in [2.24, 2.45) is 5.73 Å². The molecule has 0 aliphatic carbocycles. The SMILES string of the molecule is CO/C(C=O)=C(/C=O)Nc1cccc(C(=O)C(C)(C)N)c1O. The van der Waals surface area contributed by atoms with Crippen molar-refractivity contribution in [1.29, 1.82) is 0 Å². The third kappa shape index (κ3) is 3.70. The van der Waals surface area contributed by atoms with Crippen LogP contribution in [0.15, 0.2) is 29.7 Å². The number of carbonyl (C=O) groups excluding carboxylic acids is 3. The van der Waals surface area contributed by atoms with Crippen molar-refractivity contribution < 1.29 is 24.2 Å². The molecular formula is C15H18N2O5. The Kier molecular flexibility index (Phi) is 5.42. The van der Waals surface area contributed by atoms with E-state index in [0.717, 1.165) is 0 Å². The Bertz CT molecular complexity index is 629. The van der Waals surface area contributed by atoms with E-state index in [-0.39, 0.29) is 28.5 Å². The molecular weight excluding hydrogens is 288 g/mol. The Morgan fingerprint density at radius 2 is 1.95 bits per heavy atom. The van der Waals surface area contributed by atoms with Crippen LogP contribution in [0.2, 0.25) is 0 Å². The monoisotopic (exact) mass is 306 g/mol. The van der Waals surface area contributed by atoms with Crippen LogP contribution in [0, 0.1) is 0 Å². The first-order chi connectivity index (χ1) is 10.3. The fourth-order valence-electron chi connectivity index (χ4n) is 1.69. The predicted molar refractivity (Wildman–Crippen MR) is 80.5 cm³/mol. The van der Waals surface area contributed by atoms with Crippen LogP contribution < -0.4 is 11.1 Å². The molecule has 7 heteroatoms. The molecule has 0 fully saturated rings. The highest BCUT2D eigenvalue weighted by atomic mass is 16.5. The highest BCUT2D eigenvalue weighted by Crippen LogP contribution is 2.30. The van der Waals surface area contributed by atoms with E-state index < -0.39 is 11.3 Å². The summed E-state index contributed by atoms with van der Waals surface area (Å²) in [7, 11) is 1.23. The first kappa shape index (κ1) is 17.4. The number of aromatic hydroxyl groups is 1. The number of ketones is 1. The van der Waals surface area contributed by atoms with E-state index in [4.69, 9.17) is 10.5 Å². The van der Waals surface area contributed by atoms with Gasteiger partial charge in [0.1, 0.15) is 11.4 Å². The van der Waals surface area contributed by atoms with E-state index in [9.17, 15) is 19.5 Å². The van der Waals surface area contributed by atoms with E-state index in [1.807, 2.05) is 0 Å². The third-order valence-corrected chi connectivity index (χ3v) is 2.85. The zero-order chi connectivity index (χ0) is 16.9. The van der Waals surface area contributed by atoms with Crippen LogP contribution >= 0.6 is 0 Å². The standard InChI is InChI=1S/C15H18N2O5/c1-15(2,16)14(21)9-5-4-6-10(13(9)20)17-11(7-18)12(8-19)22-3/h4-8,17,20H,16H2,1-3H3/b12-11-. The van der Waals surface area contributed by atoms with E-state index in [2.05, 4.69) is 5.32 Å². The molecule has 0 saturated heterocycles. The van der Waals surface area contributed by atoms with Gasteiger partial charge in [0, 0.05) is 0 Å². The Morgan fingerprint density at radius 1 is 1.32 bits per heavy atom. The van der Waals surface area contributed by atoms with Crippen molar-refractivity contribution in [2.75, 3.05) is 12.4 Å². The van der Waals surface area contributed by atoms with Crippen molar-refractivity contribution >= 4 is 24.0 Å². The van der Waals surface area contributed by atoms with Gasteiger partial charge in [-0.25, -0.2) is 0 Å². The van der Waals surface area contributed by atoms with E-state index in [1.165, 1.54) is 39.2 Å². The van der Waals surface area contributed by atoms with Crippen molar-refractivity contribution in [3.63, 3.8) is 0 Å². The molecule has 1 rings (SSSR count). The van der Waals surface area contributed by atoms with Crippen molar-refractivity contribution in [3.8, 4) is 5.75 Å². The predicted octanol–water partition coefficient (Wildman–Crippen LogP) is 0.980. The van der Waals surface area contributed by atoms with Gasteiger partial charge in [-0.3, -0.25) is 14.4 Å². The van der Waals surface area contributed by atoms with Gasteiger partial charge < -0.3 is 20.9 Å². The minimum atomic E-state index is -1.17. The zero-order valence-electron chi connectivity index (χ0n) is 12.5. The topological polar surface area (TPSA) is 119 Å². The van der Waals surface area contributed by atoms with Crippen LogP contribution in [-0.2, 0) is 14.3 Å². The number of nitrogens with two attached hydrogens (primary N) is 1. The van der Waals surface area contributed by atoms with E-state index in [1.54, 1.807) is 0 Å². The smallest absolute Gasteiger partial charge is 0.186 e. The summed E-state index contributed by atoms with van der Waals surface area (Å²) in [4.78, 5) is 34.0. The van der Waals surface area contributed by atoms with Crippen LogP contribution in [0.5, 0.6) is 5.75 Å². The number of phenols is 1. The molecule has 0 aromatic heterocycles. The van der Waals surface area contributed by atoms with E-state index >= 15 is 0 Å². The normalized spacial score (nSPS) is 12.2. The molecule has 0 aliphatic heterocycles. The molecule has 0 atom stereocenters. The highest BCUT2D eigenvalue weighted by molar-refractivity contribution is 6.06. The summed E-state index contributed by atoms with van der Waals surface area (Å²) in [5.74, 6) is -1.07. The molecule has 0 unspecified atom stereocenters. The Hall–Kier alpha value is -2.67. The van der Waals surface area contributed by atoms with Gasteiger partial charge in [-0.1, -0.05) is 6.07 Å². The van der Waals surface area contributed by atoms with Crippen LogP contribution in [-0.4, -0.2) is 36.1 Å². The van der Waals surface area contributed by atoms with Gasteiger partial charge in [0.05, 0.1) is 23.9 Å². The third-order valence-electron chi connectivity index (χ3n) is 2.85. The zero-order valence-corrected chi connectivity index (χ0v) is 12.5. The first-order valence-corrected chi connectivity index (χ1v) is 6.37.